The molecule has 0 aliphatic rings. The molecule has 0 aliphatic carbocycles. The van der Waals surface area contributed by atoms with Crippen LogP contribution in [0.3, 0.4) is 0 Å². The first-order valence-electron chi connectivity index (χ1n) is 17.6. The molecule has 0 atom stereocenters. The molecule has 0 saturated carbocycles. The van der Waals surface area contributed by atoms with Gasteiger partial charge in [0.15, 0.2) is 12.8 Å². The predicted molar refractivity (Wildman–Crippen MR) is 169 cm³/mol. The van der Waals surface area contributed by atoms with Crippen LogP contribution >= 0.6 is 0 Å². The minimum absolute atomic E-state index is 0.705. The van der Waals surface area contributed by atoms with Crippen molar-refractivity contribution in [3.8, 4) is 0 Å². The Morgan fingerprint density at radius 1 is 0.351 bits per heavy atom. The molecule has 0 unspecified atom stereocenters. The van der Waals surface area contributed by atoms with Crippen LogP contribution < -0.4 is 0 Å². The lowest BCUT2D eigenvalue weighted by molar-refractivity contribution is -0.454. The molecule has 222 valence electrons. The number of hydrogen-bond donors (Lipinski definition) is 0. The Morgan fingerprint density at radius 3 is 0.892 bits per heavy atom. The van der Waals surface area contributed by atoms with Crippen molar-refractivity contribution in [2.75, 3.05) is 6.54 Å². The van der Waals surface area contributed by atoms with Gasteiger partial charge in [-0.2, -0.15) is 0 Å². The summed E-state index contributed by atoms with van der Waals surface area (Å²) >= 11 is 0. The van der Waals surface area contributed by atoms with Crippen molar-refractivity contribution < 1.29 is 4.74 Å². The van der Waals surface area contributed by atoms with E-state index in [1.807, 2.05) is 6.21 Å². The van der Waals surface area contributed by atoms with Gasteiger partial charge in [0.25, 0.3) is 0 Å². The van der Waals surface area contributed by atoms with Crippen molar-refractivity contribution in [3.05, 3.63) is 5.21 Å². The summed E-state index contributed by atoms with van der Waals surface area (Å²) in [5, 5.41) is 12.0. The Labute approximate surface area is 235 Å². The normalized spacial score (nSPS) is 12.0. The van der Waals surface area contributed by atoms with E-state index in [1.165, 1.54) is 191 Å². The van der Waals surface area contributed by atoms with E-state index in [1.54, 1.807) is 0 Å². The van der Waals surface area contributed by atoms with Gasteiger partial charge in [0.2, 0.25) is 0 Å². The third-order valence-corrected chi connectivity index (χ3v) is 8.12. The van der Waals surface area contributed by atoms with Crippen molar-refractivity contribution in [1.82, 2.24) is 0 Å². The average molecular weight is 522 g/mol. The van der Waals surface area contributed by atoms with Gasteiger partial charge in [0.05, 0.1) is 0 Å². The molecule has 0 aromatic carbocycles. The lowest BCUT2D eigenvalue weighted by atomic mass is 10.0. The quantitative estimate of drug-likeness (QED) is 0.0284. The van der Waals surface area contributed by atoms with Crippen LogP contribution in [0.1, 0.15) is 213 Å². The van der Waals surface area contributed by atoms with Crippen molar-refractivity contribution in [2.45, 2.75) is 213 Å². The number of nitrogens with zero attached hydrogens (tertiary/aromatic N) is 1. The SMILES string of the molecule is CCCCCCCCCCCCCCCCC=[N+]([O-])CCCCCCCCCCCCCCCCCC. The van der Waals surface area contributed by atoms with Gasteiger partial charge >= 0.3 is 0 Å². The summed E-state index contributed by atoms with van der Waals surface area (Å²) < 4.78 is 1.21. The first-order valence-corrected chi connectivity index (χ1v) is 17.6. The Bertz CT molecular complexity index is 433. The van der Waals surface area contributed by atoms with Gasteiger partial charge in [-0.3, -0.25) is 0 Å². The molecule has 0 fully saturated rings. The van der Waals surface area contributed by atoms with Gasteiger partial charge in [-0.25, -0.2) is 4.74 Å². The van der Waals surface area contributed by atoms with E-state index in [0.29, 0.717) is 6.54 Å². The third kappa shape index (κ3) is 33.4. The van der Waals surface area contributed by atoms with Gasteiger partial charge in [0.1, 0.15) is 0 Å². The number of hydrogen-bond acceptors (Lipinski definition) is 1. The predicted octanol–water partition coefficient (Wildman–Crippen LogP) is 12.7. The summed E-state index contributed by atoms with van der Waals surface area (Å²) in [6, 6.07) is 0. The zero-order valence-electron chi connectivity index (χ0n) is 26.1. The summed E-state index contributed by atoms with van der Waals surface area (Å²) in [5.74, 6) is 0. The van der Waals surface area contributed by atoms with E-state index in [9.17, 15) is 5.21 Å². The molecule has 0 amide bonds. The van der Waals surface area contributed by atoms with E-state index in [4.69, 9.17) is 0 Å². The van der Waals surface area contributed by atoms with E-state index in [-0.39, 0.29) is 0 Å². The highest BCUT2D eigenvalue weighted by atomic mass is 16.5. The molecule has 2 heteroatoms. The number of unbranched alkanes of at least 4 members (excludes halogenated alkanes) is 29. The van der Waals surface area contributed by atoms with Gasteiger partial charge in [-0.05, 0) is 12.8 Å². The van der Waals surface area contributed by atoms with Gasteiger partial charge < -0.3 is 5.21 Å². The Morgan fingerprint density at radius 2 is 0.595 bits per heavy atom. The van der Waals surface area contributed by atoms with Crippen molar-refractivity contribution in [3.63, 3.8) is 0 Å². The van der Waals surface area contributed by atoms with Crippen LogP contribution in [0.4, 0.5) is 0 Å². The zero-order valence-corrected chi connectivity index (χ0v) is 26.1. The molecule has 0 N–H and O–H groups in total. The van der Waals surface area contributed by atoms with Crippen LogP contribution in [-0.2, 0) is 0 Å². The molecule has 0 radical (unpaired) electrons. The van der Waals surface area contributed by atoms with E-state index < -0.39 is 0 Å². The third-order valence-electron chi connectivity index (χ3n) is 8.12. The van der Waals surface area contributed by atoms with E-state index >= 15 is 0 Å². The summed E-state index contributed by atoms with van der Waals surface area (Å²) in [6.45, 7) is 5.29. The van der Waals surface area contributed by atoms with Gasteiger partial charge in [-0.15, -0.1) is 0 Å². The lowest BCUT2D eigenvalue weighted by Crippen LogP contribution is -2.06. The van der Waals surface area contributed by atoms with Crippen molar-refractivity contribution in [1.29, 1.82) is 0 Å². The van der Waals surface area contributed by atoms with E-state index in [2.05, 4.69) is 13.8 Å². The molecular weight excluding hydrogens is 450 g/mol. The molecule has 0 saturated heterocycles. The highest BCUT2D eigenvalue weighted by molar-refractivity contribution is 5.50. The van der Waals surface area contributed by atoms with Crippen LogP contribution in [-0.4, -0.2) is 17.5 Å². The smallest absolute Gasteiger partial charge is 0.153 e. The second-order valence-corrected chi connectivity index (χ2v) is 12.0. The largest absolute Gasteiger partial charge is 0.624 e. The maximum atomic E-state index is 12.0. The fraction of sp³-hybridized carbons (Fsp3) is 0.971. The van der Waals surface area contributed by atoms with Gasteiger partial charge in [0, 0.05) is 12.8 Å². The topological polar surface area (TPSA) is 26.1 Å². The minimum Gasteiger partial charge on any atom is -0.624 e. The van der Waals surface area contributed by atoms with Crippen molar-refractivity contribution in [2.24, 2.45) is 0 Å². The summed E-state index contributed by atoms with van der Waals surface area (Å²) in [5.41, 5.74) is 0. The maximum Gasteiger partial charge on any atom is 0.153 e. The molecular formula is C35H71NO. The summed E-state index contributed by atoms with van der Waals surface area (Å²) in [6.07, 6.45) is 44.5. The van der Waals surface area contributed by atoms with Crippen LogP contribution in [0.25, 0.3) is 0 Å². The summed E-state index contributed by atoms with van der Waals surface area (Å²) in [7, 11) is 0. The van der Waals surface area contributed by atoms with Gasteiger partial charge in [-0.1, -0.05) is 187 Å². The summed E-state index contributed by atoms with van der Waals surface area (Å²) in [4.78, 5) is 0. The zero-order chi connectivity index (χ0) is 26.9. The number of rotatable bonds is 32. The molecule has 0 aromatic rings. The number of hydroxylamine groups is 1. The van der Waals surface area contributed by atoms with E-state index in [0.717, 1.165) is 12.8 Å². The van der Waals surface area contributed by atoms with Crippen LogP contribution in [0.5, 0.6) is 0 Å². The minimum atomic E-state index is 0.705. The fourth-order valence-corrected chi connectivity index (χ4v) is 5.48. The Kier molecular flexibility index (Phi) is 33.0. The van der Waals surface area contributed by atoms with Crippen LogP contribution in [0, 0.1) is 5.21 Å². The van der Waals surface area contributed by atoms with Crippen LogP contribution in [0.15, 0.2) is 0 Å². The fourth-order valence-electron chi connectivity index (χ4n) is 5.48. The molecule has 0 bridgehead atoms. The standard InChI is InChI=1S/C35H71NO/c1-3-5-7-9-11-13-15-17-19-21-23-25-27-29-31-33-35-36(37)34-32-30-28-26-24-22-20-18-16-14-12-10-8-6-4-2/h34H,3-33,35H2,1-2H3. The molecule has 0 aromatic heterocycles. The Balaban J connectivity index is 3.20. The monoisotopic (exact) mass is 522 g/mol. The van der Waals surface area contributed by atoms with Crippen LogP contribution in [0.2, 0.25) is 0 Å². The molecule has 0 rings (SSSR count). The second kappa shape index (κ2) is 33.5. The molecule has 37 heavy (non-hydrogen) atoms. The molecule has 0 spiro atoms. The maximum absolute atomic E-state index is 12.0. The first-order chi connectivity index (χ1) is 18.3. The van der Waals surface area contributed by atoms with Crippen molar-refractivity contribution >= 4 is 6.21 Å². The second-order valence-electron chi connectivity index (χ2n) is 12.0. The highest BCUT2D eigenvalue weighted by Crippen LogP contribution is 2.15. The highest BCUT2D eigenvalue weighted by Gasteiger charge is 1.98. The Hall–Kier alpha value is -0.530. The lowest BCUT2D eigenvalue weighted by Gasteiger charge is -2.05. The average Bonchev–Trinajstić information content (AvgIpc) is 2.90. The molecule has 0 heterocycles. The molecule has 0 aliphatic heterocycles. The molecule has 2 nitrogen and oxygen atoms in total. The first kappa shape index (κ1) is 36.5.